The third-order valence-electron chi connectivity index (χ3n) is 7.17. The smallest absolute Gasteiger partial charge is 0.0464 e. The lowest BCUT2D eigenvalue weighted by Crippen LogP contribution is -2.10. The number of anilines is 6. The average molecular weight is 533 g/mol. The Hall–Kier alpha value is -5.08. The summed E-state index contributed by atoms with van der Waals surface area (Å²) >= 11 is 0. The Bertz CT molecular complexity index is 1670. The summed E-state index contributed by atoms with van der Waals surface area (Å²) in [4.78, 5) is 4.60. The van der Waals surface area contributed by atoms with Gasteiger partial charge >= 0.3 is 0 Å². The molecule has 6 rings (SSSR count). The first kappa shape index (κ1) is 27.5. The van der Waals surface area contributed by atoms with E-state index >= 15 is 0 Å². The Morgan fingerprint density at radius 3 is 1.12 bits per heavy atom. The molecule has 0 aromatic heterocycles. The highest BCUT2D eigenvalue weighted by molar-refractivity contribution is 5.80. The predicted octanol–water partition coefficient (Wildman–Crippen LogP) is 11.5. The minimum absolute atomic E-state index is 0. The number of hydrogen-bond acceptors (Lipinski definition) is 2. The summed E-state index contributed by atoms with van der Waals surface area (Å²) in [5.41, 5.74) is 11.7. The summed E-state index contributed by atoms with van der Waals surface area (Å²) in [6.45, 7) is 4.26. The van der Waals surface area contributed by atoms with E-state index in [2.05, 4.69) is 181 Å². The molecule has 0 aliphatic carbocycles. The standard InChI is InChI=1S/C38H32N2.CH4/c1-29-16-22-35(23-17-29)39(33-11-5-3-6-12-33)36-24-18-31(19-25-36)32-20-26-37(27-21-32)40(34-13-7-4-8-14-34)38-15-9-10-30(2)28-38;/h3-28H,1-2H3;1H4. The lowest BCUT2D eigenvalue weighted by molar-refractivity contribution is 1.27. The molecule has 0 saturated heterocycles. The van der Waals surface area contributed by atoms with Gasteiger partial charge in [0.05, 0.1) is 0 Å². The molecule has 0 fully saturated rings. The van der Waals surface area contributed by atoms with Crippen LogP contribution in [0.1, 0.15) is 18.6 Å². The molecule has 0 heterocycles. The first-order chi connectivity index (χ1) is 19.7. The number of para-hydroxylation sites is 2. The molecule has 2 heteroatoms. The second kappa shape index (κ2) is 12.4. The molecule has 0 unspecified atom stereocenters. The van der Waals surface area contributed by atoms with E-state index in [1.807, 2.05) is 0 Å². The van der Waals surface area contributed by atoms with Crippen LogP contribution in [-0.2, 0) is 0 Å². The van der Waals surface area contributed by atoms with Crippen LogP contribution >= 0.6 is 0 Å². The van der Waals surface area contributed by atoms with Crippen molar-refractivity contribution in [2.45, 2.75) is 21.3 Å². The number of rotatable bonds is 7. The van der Waals surface area contributed by atoms with Gasteiger partial charge in [0.25, 0.3) is 0 Å². The van der Waals surface area contributed by atoms with Gasteiger partial charge in [0.15, 0.2) is 0 Å². The van der Waals surface area contributed by atoms with Gasteiger partial charge in [-0.15, -0.1) is 0 Å². The zero-order chi connectivity index (χ0) is 27.3. The van der Waals surface area contributed by atoms with Gasteiger partial charge in [-0.05, 0) is 103 Å². The molecule has 202 valence electrons. The molecule has 0 N–H and O–H groups in total. The Morgan fingerprint density at radius 2 is 0.683 bits per heavy atom. The normalized spacial score (nSPS) is 10.5. The fraction of sp³-hybridized carbons (Fsp3) is 0.0769. The van der Waals surface area contributed by atoms with Gasteiger partial charge in [-0.25, -0.2) is 0 Å². The summed E-state index contributed by atoms with van der Waals surface area (Å²) in [6.07, 6.45) is 0. The summed E-state index contributed by atoms with van der Waals surface area (Å²) < 4.78 is 0. The minimum Gasteiger partial charge on any atom is -0.311 e. The zero-order valence-electron chi connectivity index (χ0n) is 22.9. The third-order valence-corrected chi connectivity index (χ3v) is 7.17. The van der Waals surface area contributed by atoms with Crippen LogP contribution in [0.4, 0.5) is 34.1 Å². The maximum absolute atomic E-state index is 2.30. The van der Waals surface area contributed by atoms with Crippen molar-refractivity contribution in [3.05, 3.63) is 169 Å². The molecule has 2 nitrogen and oxygen atoms in total. The van der Waals surface area contributed by atoms with Gasteiger partial charge in [-0.1, -0.05) is 97.9 Å². The monoisotopic (exact) mass is 532 g/mol. The lowest BCUT2D eigenvalue weighted by atomic mass is 10.0. The Morgan fingerprint density at radius 1 is 0.317 bits per heavy atom. The largest absolute Gasteiger partial charge is 0.311 e. The van der Waals surface area contributed by atoms with Gasteiger partial charge in [0.1, 0.15) is 0 Å². The van der Waals surface area contributed by atoms with E-state index in [-0.39, 0.29) is 7.43 Å². The molecular weight excluding hydrogens is 496 g/mol. The molecule has 0 bridgehead atoms. The molecule has 0 radical (unpaired) electrons. The molecular formula is C39H36N2. The maximum Gasteiger partial charge on any atom is 0.0464 e. The van der Waals surface area contributed by atoms with Gasteiger partial charge in [0.2, 0.25) is 0 Å². The Kier molecular flexibility index (Phi) is 8.31. The van der Waals surface area contributed by atoms with Crippen LogP contribution in [0.15, 0.2) is 158 Å². The van der Waals surface area contributed by atoms with Crippen LogP contribution in [0.3, 0.4) is 0 Å². The molecule has 0 aliphatic rings. The molecule has 0 aliphatic heterocycles. The maximum atomic E-state index is 2.30. The topological polar surface area (TPSA) is 6.48 Å². The van der Waals surface area contributed by atoms with E-state index in [0.29, 0.717) is 0 Å². The highest BCUT2D eigenvalue weighted by Gasteiger charge is 2.14. The molecule has 0 amide bonds. The predicted molar refractivity (Wildman–Crippen MR) is 177 cm³/mol. The first-order valence-electron chi connectivity index (χ1n) is 13.7. The van der Waals surface area contributed by atoms with Crippen LogP contribution in [0.2, 0.25) is 0 Å². The van der Waals surface area contributed by atoms with Crippen LogP contribution in [0.5, 0.6) is 0 Å². The summed E-state index contributed by atoms with van der Waals surface area (Å²) in [5, 5.41) is 0. The summed E-state index contributed by atoms with van der Waals surface area (Å²) in [6, 6.07) is 56.1. The average Bonchev–Trinajstić information content (AvgIpc) is 3.00. The zero-order valence-corrected chi connectivity index (χ0v) is 22.9. The second-order valence-electron chi connectivity index (χ2n) is 10.1. The van der Waals surface area contributed by atoms with E-state index < -0.39 is 0 Å². The van der Waals surface area contributed by atoms with Crippen molar-refractivity contribution >= 4 is 34.1 Å². The Labute approximate surface area is 244 Å². The first-order valence-corrected chi connectivity index (χ1v) is 13.7. The highest BCUT2D eigenvalue weighted by Crippen LogP contribution is 2.38. The van der Waals surface area contributed by atoms with Gasteiger partial charge in [0, 0.05) is 34.1 Å². The number of nitrogens with zero attached hydrogens (tertiary/aromatic N) is 2. The lowest BCUT2D eigenvalue weighted by Gasteiger charge is -2.26. The van der Waals surface area contributed by atoms with Crippen LogP contribution < -0.4 is 9.80 Å². The van der Waals surface area contributed by atoms with Crippen LogP contribution in [-0.4, -0.2) is 0 Å². The molecule has 0 spiro atoms. The Balaban J connectivity index is 0.00000337. The van der Waals surface area contributed by atoms with E-state index in [9.17, 15) is 0 Å². The van der Waals surface area contributed by atoms with Crippen molar-refractivity contribution in [2.24, 2.45) is 0 Å². The van der Waals surface area contributed by atoms with Crippen LogP contribution in [0.25, 0.3) is 11.1 Å². The van der Waals surface area contributed by atoms with Crippen molar-refractivity contribution in [2.75, 3.05) is 9.80 Å². The van der Waals surface area contributed by atoms with E-state index in [1.54, 1.807) is 0 Å². The van der Waals surface area contributed by atoms with E-state index in [0.717, 1.165) is 34.1 Å². The number of aryl methyl sites for hydroxylation is 2. The highest BCUT2D eigenvalue weighted by atomic mass is 15.1. The van der Waals surface area contributed by atoms with E-state index in [1.165, 1.54) is 22.3 Å². The van der Waals surface area contributed by atoms with E-state index in [4.69, 9.17) is 0 Å². The summed E-state index contributed by atoms with van der Waals surface area (Å²) in [5.74, 6) is 0. The van der Waals surface area contributed by atoms with Crippen molar-refractivity contribution in [3.8, 4) is 11.1 Å². The van der Waals surface area contributed by atoms with Gasteiger partial charge in [-0.2, -0.15) is 0 Å². The molecule has 6 aromatic carbocycles. The van der Waals surface area contributed by atoms with Gasteiger partial charge < -0.3 is 9.80 Å². The minimum atomic E-state index is 0. The summed E-state index contributed by atoms with van der Waals surface area (Å²) in [7, 11) is 0. The SMILES string of the molecule is C.Cc1ccc(N(c2ccccc2)c2ccc(-c3ccc(N(c4ccccc4)c4cccc(C)c4)cc3)cc2)cc1. The van der Waals surface area contributed by atoms with Crippen molar-refractivity contribution in [3.63, 3.8) is 0 Å². The third kappa shape index (κ3) is 6.08. The van der Waals surface area contributed by atoms with Crippen molar-refractivity contribution < 1.29 is 0 Å². The number of benzene rings is 6. The second-order valence-corrected chi connectivity index (χ2v) is 10.1. The molecule has 41 heavy (non-hydrogen) atoms. The van der Waals surface area contributed by atoms with Gasteiger partial charge in [-0.3, -0.25) is 0 Å². The van der Waals surface area contributed by atoms with Crippen molar-refractivity contribution in [1.29, 1.82) is 0 Å². The molecule has 6 aromatic rings. The number of hydrogen-bond donors (Lipinski definition) is 0. The quantitative estimate of drug-likeness (QED) is 0.202. The fourth-order valence-electron chi connectivity index (χ4n) is 5.12. The van der Waals surface area contributed by atoms with Crippen molar-refractivity contribution in [1.82, 2.24) is 0 Å². The molecule has 0 saturated carbocycles. The fourth-order valence-corrected chi connectivity index (χ4v) is 5.12. The van der Waals surface area contributed by atoms with Crippen LogP contribution in [0, 0.1) is 13.8 Å². The molecule has 0 atom stereocenters.